The summed E-state index contributed by atoms with van der Waals surface area (Å²) in [4.78, 5) is 12.6. The molecule has 4 aromatic carbocycles. The SMILES string of the molecule is CC1(C)C(=CC=C(/C=C/C2N(CCCS(=O)(=O)O)c3cc(S(=O)(=O)O)c4c(S(=O)(=O)O)cc(S(=O)(=O)O)cc4c3C2(C)C)c2ccc(C(=O)Nc3nnc(S(N)(=O)=O)s3)cn2)N(CCCS(=O)(=O)O)c2cc(S(=O)(=O)O)c3c(S(=O)(=O)O)cc(S(=O)(=O)O)cc3c21. The maximum Gasteiger partial charge on any atom is 0.295 e. The van der Waals surface area contributed by atoms with Crippen molar-refractivity contribution in [3.63, 3.8) is 0 Å². The minimum absolute atomic E-state index is 0.0518. The number of nitrogens with zero attached hydrogens (tertiary/aromatic N) is 5. The van der Waals surface area contributed by atoms with Crippen LogP contribution in [0.15, 0.2) is 118 Å². The largest absolute Gasteiger partial charge is 0.364 e. The number of allylic oxidation sites excluding steroid dienone is 5. The number of hydrogen-bond acceptors (Lipinski definition) is 25. The number of sulfonamides is 1. The van der Waals surface area contributed by atoms with Gasteiger partial charge in [-0.2, -0.15) is 67.3 Å². The number of rotatable bonds is 21. The van der Waals surface area contributed by atoms with Gasteiger partial charge in [0.25, 0.3) is 96.9 Å². The molecule has 1 atom stereocenters. The lowest BCUT2D eigenvalue weighted by molar-refractivity contribution is 0.102. The molecule has 91 heavy (non-hydrogen) atoms. The molecule has 0 fully saturated rings. The van der Waals surface area contributed by atoms with Gasteiger partial charge in [-0.05, 0) is 94.9 Å². The number of fused-ring (bicyclic) bond motifs is 6. The number of nitrogens with two attached hydrogens (primary N) is 1. The number of amides is 1. The molecule has 4 heterocycles. The molecule has 6 aromatic rings. The topological polar surface area (TPSA) is 569 Å². The van der Waals surface area contributed by atoms with Gasteiger partial charge in [-0.3, -0.25) is 51.5 Å². The number of carbonyl (C=O) groups is 1. The molecule has 494 valence electrons. The van der Waals surface area contributed by atoms with E-state index in [1.165, 1.54) is 73.9 Å². The number of hydrogen-bond donors (Lipinski definition) is 10. The number of primary sulfonamides is 1. The van der Waals surface area contributed by atoms with E-state index < -0.39 is 206 Å². The number of aromatic nitrogens is 3. The molecule has 8 rings (SSSR count). The standard InChI is InChI=1S/C47H49N7O27S10/c1-46(2)37(53(13-5-15-83(56,57)58)31-21-35(90(76,77)78)39-28(41(31)46)17-26(86(64,65)66)19-33(39)88(70,71)72)11-8-24(30-10-7-25(23-49-30)43(55)50-44-51-52-45(82-44)85(48,62)63)9-12-38-47(3,4)42-29-18-27(87(67,68)69)20-34(89(73,74)75)40(29)36(91(79,80)81)22-32(42)54(38)14-6-16-84(59,60)61/h7-12,17-23,37H,5-6,13-16H2,1-4H3,(H2,48,62,63)(H,50,51,55)(H,56,57,58)(H,59,60,61)(H,64,65,66)(H,67,68,69)(H,70,71,72)(H,73,74,75)(H,76,77,78)(H,79,80,81)/b11-8+,24-9?,38-12?. The summed E-state index contributed by atoms with van der Waals surface area (Å²) in [6.07, 6.45) is 5.13. The van der Waals surface area contributed by atoms with E-state index in [0.717, 1.165) is 12.3 Å². The summed E-state index contributed by atoms with van der Waals surface area (Å²) >= 11 is 0.382. The molecule has 0 saturated carbocycles. The average Bonchev–Trinajstić information content (AvgIpc) is 1.58. The van der Waals surface area contributed by atoms with Gasteiger partial charge in [-0.25, -0.2) is 13.6 Å². The Hall–Kier alpha value is -6.41. The lowest BCUT2D eigenvalue weighted by Crippen LogP contribution is -2.41. The van der Waals surface area contributed by atoms with Gasteiger partial charge in [-0.15, -0.1) is 10.2 Å². The fraction of sp³-hybridized carbons (Fsp3) is 0.277. The second-order valence-corrected chi connectivity index (χ2v) is 35.6. The second kappa shape index (κ2) is 23.6. The minimum atomic E-state index is -5.68. The van der Waals surface area contributed by atoms with Crippen LogP contribution in [0.1, 0.15) is 67.7 Å². The van der Waals surface area contributed by atoms with Crippen LogP contribution < -0.4 is 20.3 Å². The highest BCUT2D eigenvalue weighted by Crippen LogP contribution is 2.55. The van der Waals surface area contributed by atoms with Crippen molar-refractivity contribution >= 4 is 152 Å². The molecule has 0 spiro atoms. The maximum absolute atomic E-state index is 13.5. The van der Waals surface area contributed by atoms with E-state index >= 15 is 0 Å². The predicted octanol–water partition coefficient (Wildman–Crippen LogP) is 2.96. The molecule has 0 bridgehead atoms. The Morgan fingerprint density at radius 3 is 1.53 bits per heavy atom. The first kappa shape index (κ1) is 70.5. The lowest BCUT2D eigenvalue weighted by Gasteiger charge is -2.32. The van der Waals surface area contributed by atoms with Gasteiger partial charge in [0.15, 0.2) is 0 Å². The molecule has 2 aliphatic heterocycles. The number of carbonyl (C=O) groups excluding carboxylic acids is 1. The third-order valence-corrected chi connectivity index (χ3v) is 23.4. The molecule has 2 aliphatic rings. The van der Waals surface area contributed by atoms with E-state index in [9.17, 15) is 117 Å². The fourth-order valence-electron chi connectivity index (χ4n) is 10.9. The highest BCUT2D eigenvalue weighted by Gasteiger charge is 2.48. The van der Waals surface area contributed by atoms with Crippen molar-refractivity contribution < 1.29 is 117 Å². The van der Waals surface area contributed by atoms with Gasteiger partial charge in [0.2, 0.25) is 9.47 Å². The third-order valence-electron chi connectivity index (χ3n) is 14.5. The Morgan fingerprint density at radius 2 is 1.09 bits per heavy atom. The molecule has 0 aliphatic carbocycles. The highest BCUT2D eigenvalue weighted by atomic mass is 32.3. The average molecular weight is 1460 g/mol. The molecular weight excluding hydrogens is 1420 g/mol. The van der Waals surface area contributed by atoms with E-state index in [1.807, 2.05) is 0 Å². The van der Waals surface area contributed by atoms with Gasteiger partial charge >= 0.3 is 0 Å². The van der Waals surface area contributed by atoms with Crippen molar-refractivity contribution in [2.75, 3.05) is 39.7 Å². The number of pyridine rings is 1. The Balaban J connectivity index is 1.43. The van der Waals surface area contributed by atoms with Crippen molar-refractivity contribution in [1.82, 2.24) is 15.2 Å². The van der Waals surface area contributed by atoms with E-state index in [1.54, 1.807) is 0 Å². The third kappa shape index (κ3) is 14.7. The lowest BCUT2D eigenvalue weighted by atomic mass is 9.78. The molecule has 0 radical (unpaired) electrons. The molecule has 11 N–H and O–H groups in total. The zero-order valence-electron chi connectivity index (χ0n) is 46.6. The van der Waals surface area contributed by atoms with Crippen molar-refractivity contribution in [2.45, 2.75) is 91.1 Å². The molecule has 1 amide bonds. The number of benzene rings is 4. The zero-order chi connectivity index (χ0) is 68.3. The summed E-state index contributed by atoms with van der Waals surface area (Å²) < 4.78 is 310. The van der Waals surface area contributed by atoms with Crippen LogP contribution in [-0.2, 0) is 102 Å². The van der Waals surface area contributed by atoms with Crippen LogP contribution in [-0.4, -0.2) is 164 Å². The first-order chi connectivity index (χ1) is 41.2. The van der Waals surface area contributed by atoms with Crippen molar-refractivity contribution in [2.24, 2.45) is 5.14 Å². The van der Waals surface area contributed by atoms with Crippen LogP contribution in [0.3, 0.4) is 0 Å². The summed E-state index contributed by atoms with van der Waals surface area (Å²) in [5.41, 5.74) is -4.88. The molecule has 44 heteroatoms. The Labute approximate surface area is 523 Å². The van der Waals surface area contributed by atoms with Gasteiger partial charge in [0, 0.05) is 58.0 Å². The van der Waals surface area contributed by atoms with E-state index in [0.29, 0.717) is 29.5 Å². The Bertz CT molecular complexity index is 5320. The molecule has 2 aromatic heterocycles. The van der Waals surface area contributed by atoms with E-state index in [4.69, 9.17) is 5.14 Å². The van der Waals surface area contributed by atoms with Gasteiger partial charge in [-0.1, -0.05) is 57.3 Å². The van der Waals surface area contributed by atoms with Crippen molar-refractivity contribution in [1.29, 1.82) is 0 Å². The van der Waals surface area contributed by atoms with Gasteiger partial charge in [0.1, 0.15) is 19.6 Å². The summed E-state index contributed by atoms with van der Waals surface area (Å²) in [6.45, 7) is 4.63. The maximum atomic E-state index is 13.5. The van der Waals surface area contributed by atoms with Crippen molar-refractivity contribution in [3.8, 4) is 0 Å². The molecule has 1 unspecified atom stereocenters. The summed E-state index contributed by atoms with van der Waals surface area (Å²) in [5.74, 6) is -2.88. The van der Waals surface area contributed by atoms with Crippen LogP contribution in [0.2, 0.25) is 0 Å². The van der Waals surface area contributed by atoms with Gasteiger partial charge in [0.05, 0.1) is 38.6 Å². The molecular formula is C47H49N7O27S10. The summed E-state index contributed by atoms with van der Waals surface area (Å²) in [7, 11) is -47.4. The van der Waals surface area contributed by atoms with Crippen molar-refractivity contribution in [3.05, 3.63) is 107 Å². The first-order valence-electron chi connectivity index (χ1n) is 25.1. The number of nitrogens with one attached hydrogen (secondary N) is 1. The first-order valence-corrected chi connectivity index (χ1v) is 39.3. The van der Waals surface area contributed by atoms with Crippen LogP contribution in [0.4, 0.5) is 16.5 Å². The monoisotopic (exact) mass is 1460 g/mol. The summed E-state index contributed by atoms with van der Waals surface area (Å²) in [5, 5.41) is 10.8. The number of anilines is 3. The fourth-order valence-corrected chi connectivity index (χ4v) is 17.5. The quantitative estimate of drug-likeness (QED) is 0.0281. The van der Waals surface area contributed by atoms with E-state index in [2.05, 4.69) is 20.5 Å². The predicted molar refractivity (Wildman–Crippen MR) is 322 cm³/mol. The molecule has 0 saturated heterocycles. The van der Waals surface area contributed by atoms with Crippen LogP contribution in [0.25, 0.3) is 27.1 Å². The smallest absolute Gasteiger partial charge is 0.295 e. The van der Waals surface area contributed by atoms with Crippen LogP contribution in [0.5, 0.6) is 0 Å². The second-order valence-electron chi connectivity index (χ2n) is 21.3. The normalized spacial score (nSPS) is 17.4. The van der Waals surface area contributed by atoms with Crippen LogP contribution in [0, 0.1) is 0 Å². The zero-order valence-corrected chi connectivity index (χ0v) is 54.7. The highest BCUT2D eigenvalue weighted by molar-refractivity contribution is 7.91. The Kier molecular flexibility index (Phi) is 18.2. The van der Waals surface area contributed by atoms with Crippen LogP contribution >= 0.6 is 11.3 Å². The van der Waals surface area contributed by atoms with E-state index in [-0.39, 0.29) is 62.3 Å². The van der Waals surface area contributed by atoms with Gasteiger partial charge < -0.3 is 9.80 Å². The Morgan fingerprint density at radius 1 is 0.615 bits per heavy atom. The minimum Gasteiger partial charge on any atom is -0.364 e. The molecule has 34 nitrogen and oxygen atoms in total. The summed E-state index contributed by atoms with van der Waals surface area (Å²) in [6, 6.07) is 4.20.